The van der Waals surface area contributed by atoms with Gasteiger partial charge in [0.05, 0.1) is 24.7 Å². The van der Waals surface area contributed by atoms with Crippen molar-refractivity contribution in [1.29, 1.82) is 0 Å². The molecule has 0 radical (unpaired) electrons. The minimum atomic E-state index is -1.40. The zero-order chi connectivity index (χ0) is 18.6. The normalized spacial score (nSPS) is 49.8. The molecule has 1 aromatic rings. The number of hydrogen-bond donors (Lipinski definition) is 1. The summed E-state index contributed by atoms with van der Waals surface area (Å²) in [6, 6.07) is 1.79. The van der Waals surface area contributed by atoms with E-state index in [1.54, 1.807) is 18.6 Å². The number of aliphatic hydroxyl groups excluding tert-OH is 1. The topological polar surface area (TPSA) is 95.2 Å². The lowest BCUT2D eigenvalue weighted by molar-refractivity contribution is -0.239. The zero-order valence-corrected chi connectivity index (χ0v) is 14.8. The number of carbonyl (C=O) groups excluding carboxylic acids is 2. The Morgan fingerprint density at radius 2 is 2.11 bits per heavy atom. The Morgan fingerprint density at radius 1 is 1.26 bits per heavy atom. The van der Waals surface area contributed by atoms with Crippen LogP contribution in [0.25, 0.3) is 0 Å². The van der Waals surface area contributed by atoms with E-state index in [0.29, 0.717) is 18.4 Å². The highest BCUT2D eigenvalue weighted by molar-refractivity contribution is 5.93. The molecule has 4 fully saturated rings. The second kappa shape index (κ2) is 4.64. The van der Waals surface area contributed by atoms with Crippen LogP contribution in [0.3, 0.4) is 0 Å². The number of aliphatic hydroxyl groups is 1. The molecule has 5 aliphatic rings. The van der Waals surface area contributed by atoms with Crippen LogP contribution in [-0.4, -0.2) is 41.5 Å². The number of ether oxygens (including phenoxy) is 3. The van der Waals surface area contributed by atoms with Gasteiger partial charge in [0.2, 0.25) is 0 Å². The summed E-state index contributed by atoms with van der Waals surface area (Å²) >= 11 is 0. The minimum absolute atomic E-state index is 0.0953. The lowest BCUT2D eigenvalue weighted by atomic mass is 9.45. The van der Waals surface area contributed by atoms with E-state index in [1.165, 1.54) is 0 Å². The lowest BCUT2D eigenvalue weighted by Crippen LogP contribution is -2.69. The Bertz CT molecular complexity index is 888. The van der Waals surface area contributed by atoms with Crippen LogP contribution >= 0.6 is 0 Å². The molecule has 7 unspecified atom stereocenters. The van der Waals surface area contributed by atoms with E-state index < -0.39 is 34.6 Å². The molecule has 1 spiro atoms. The second-order valence-corrected chi connectivity index (χ2v) is 8.75. The van der Waals surface area contributed by atoms with Crippen molar-refractivity contribution in [3.05, 3.63) is 35.8 Å². The quantitative estimate of drug-likeness (QED) is 0.749. The third-order valence-electron chi connectivity index (χ3n) is 7.71. The van der Waals surface area contributed by atoms with Crippen molar-refractivity contribution in [2.24, 2.45) is 16.7 Å². The number of furan rings is 1. The minimum Gasteiger partial charge on any atom is -0.472 e. The number of carbonyl (C=O) groups is 2. The molecule has 1 saturated carbocycles. The largest absolute Gasteiger partial charge is 0.472 e. The molecule has 4 heterocycles. The van der Waals surface area contributed by atoms with Gasteiger partial charge >= 0.3 is 11.9 Å². The number of hydrogen-bond acceptors (Lipinski definition) is 7. The van der Waals surface area contributed by atoms with Crippen molar-refractivity contribution in [2.75, 3.05) is 6.61 Å². The van der Waals surface area contributed by atoms with Crippen LogP contribution in [0.1, 0.15) is 37.9 Å². The summed E-state index contributed by atoms with van der Waals surface area (Å²) in [5, 5.41) is 11.2. The number of esters is 2. The van der Waals surface area contributed by atoms with Crippen LogP contribution in [0.5, 0.6) is 0 Å². The first kappa shape index (κ1) is 15.9. The first-order valence-electron chi connectivity index (χ1n) is 9.39. The van der Waals surface area contributed by atoms with Gasteiger partial charge in [0.25, 0.3) is 0 Å². The fourth-order valence-corrected chi connectivity index (χ4v) is 6.79. The second-order valence-electron chi connectivity index (χ2n) is 8.75. The summed E-state index contributed by atoms with van der Waals surface area (Å²) in [6.07, 6.45) is 4.53. The first-order valence-corrected chi connectivity index (χ1v) is 9.39. The van der Waals surface area contributed by atoms with Crippen molar-refractivity contribution >= 4 is 11.9 Å². The Morgan fingerprint density at radius 3 is 2.89 bits per heavy atom. The van der Waals surface area contributed by atoms with Gasteiger partial charge < -0.3 is 23.7 Å². The van der Waals surface area contributed by atoms with Crippen LogP contribution in [0.4, 0.5) is 0 Å². The molecule has 7 atom stereocenters. The summed E-state index contributed by atoms with van der Waals surface area (Å²) in [5.74, 6) is -0.929. The zero-order valence-electron chi connectivity index (χ0n) is 14.8. The van der Waals surface area contributed by atoms with Crippen LogP contribution in [0.15, 0.2) is 34.7 Å². The van der Waals surface area contributed by atoms with Gasteiger partial charge in [-0.1, -0.05) is 13.0 Å². The molecule has 27 heavy (non-hydrogen) atoms. The molecule has 1 N–H and O–H groups in total. The standard InChI is InChI=1S/C20H20O7/c1-18-6-13(10-4-5-24-8-10)26-17(23)20(18)14(21)7-19-9-25-16(22)11(19)2-3-12(27-20)15(18)19/h2,4-5,8,12-15,21H,3,6-7,9H2,1H3. The molecule has 2 aliphatic carbocycles. The fourth-order valence-electron chi connectivity index (χ4n) is 6.79. The lowest BCUT2D eigenvalue weighted by Gasteiger charge is -2.58. The summed E-state index contributed by atoms with van der Waals surface area (Å²) in [6.45, 7) is 2.23. The third-order valence-corrected chi connectivity index (χ3v) is 7.71. The molecule has 1 aromatic heterocycles. The Balaban J connectivity index is 1.54. The summed E-state index contributed by atoms with van der Waals surface area (Å²) < 4.78 is 22.6. The van der Waals surface area contributed by atoms with Gasteiger partial charge in [-0.2, -0.15) is 0 Å². The van der Waals surface area contributed by atoms with Crippen molar-refractivity contribution < 1.29 is 33.3 Å². The van der Waals surface area contributed by atoms with Crippen molar-refractivity contribution in [2.45, 2.75) is 50.1 Å². The Hall–Kier alpha value is -2.12. The maximum atomic E-state index is 13.2. The van der Waals surface area contributed by atoms with E-state index >= 15 is 0 Å². The van der Waals surface area contributed by atoms with Gasteiger partial charge in [0.1, 0.15) is 12.7 Å². The van der Waals surface area contributed by atoms with Gasteiger partial charge in [0, 0.05) is 27.9 Å². The smallest absolute Gasteiger partial charge is 0.342 e. The highest BCUT2D eigenvalue weighted by atomic mass is 16.6. The van der Waals surface area contributed by atoms with Crippen molar-refractivity contribution in [1.82, 2.24) is 0 Å². The van der Waals surface area contributed by atoms with Crippen LogP contribution in [0.2, 0.25) is 0 Å². The monoisotopic (exact) mass is 372 g/mol. The van der Waals surface area contributed by atoms with E-state index in [4.69, 9.17) is 18.6 Å². The van der Waals surface area contributed by atoms with Gasteiger partial charge in [-0.05, 0) is 25.3 Å². The Kier molecular flexibility index (Phi) is 2.73. The number of cyclic esters (lactones) is 2. The first-order chi connectivity index (χ1) is 12.9. The third kappa shape index (κ3) is 1.55. The van der Waals surface area contributed by atoms with E-state index in [2.05, 4.69) is 0 Å². The van der Waals surface area contributed by atoms with Gasteiger partial charge in [-0.3, -0.25) is 0 Å². The molecule has 142 valence electrons. The molecular weight excluding hydrogens is 352 g/mol. The van der Waals surface area contributed by atoms with Gasteiger partial charge in [0.15, 0.2) is 5.60 Å². The average molecular weight is 372 g/mol. The highest BCUT2D eigenvalue weighted by Crippen LogP contribution is 2.73. The predicted molar refractivity (Wildman–Crippen MR) is 88.1 cm³/mol. The molecule has 2 bridgehead atoms. The van der Waals surface area contributed by atoms with E-state index in [1.807, 2.05) is 13.0 Å². The molecule has 0 amide bonds. The van der Waals surface area contributed by atoms with Crippen molar-refractivity contribution in [3.8, 4) is 0 Å². The highest BCUT2D eigenvalue weighted by Gasteiger charge is 2.81. The maximum Gasteiger partial charge on any atom is 0.342 e. The van der Waals surface area contributed by atoms with Gasteiger partial charge in [-0.25, -0.2) is 9.59 Å². The van der Waals surface area contributed by atoms with Gasteiger partial charge in [-0.15, -0.1) is 0 Å². The molecule has 6 rings (SSSR count). The van der Waals surface area contributed by atoms with E-state index in [-0.39, 0.29) is 31.0 Å². The van der Waals surface area contributed by atoms with E-state index in [0.717, 1.165) is 5.56 Å². The Labute approximate surface area is 155 Å². The summed E-state index contributed by atoms with van der Waals surface area (Å²) in [7, 11) is 0. The SMILES string of the molecule is CC12CC(c3ccoc3)OC(=O)C13OC1CC=C4C(=O)OCC4(CC3O)C12. The molecular formula is C20H20O7. The average Bonchev–Trinajstić information content (AvgIpc) is 3.30. The molecule has 3 aliphatic heterocycles. The van der Waals surface area contributed by atoms with Crippen LogP contribution in [-0.2, 0) is 23.8 Å². The fraction of sp³-hybridized carbons (Fsp3) is 0.600. The molecule has 7 heteroatoms. The van der Waals surface area contributed by atoms with Crippen LogP contribution < -0.4 is 0 Å². The summed E-state index contributed by atoms with van der Waals surface area (Å²) in [5.41, 5.74) is -1.26. The molecule has 3 saturated heterocycles. The summed E-state index contributed by atoms with van der Waals surface area (Å²) in [4.78, 5) is 25.6. The van der Waals surface area contributed by atoms with E-state index in [9.17, 15) is 14.7 Å². The molecule has 7 nitrogen and oxygen atoms in total. The molecule has 0 aromatic carbocycles. The number of rotatable bonds is 1. The van der Waals surface area contributed by atoms with Crippen LogP contribution in [0, 0.1) is 16.7 Å². The van der Waals surface area contributed by atoms with Crippen molar-refractivity contribution in [3.63, 3.8) is 0 Å². The predicted octanol–water partition coefficient (Wildman–Crippen LogP) is 1.67. The maximum absolute atomic E-state index is 13.2.